The normalized spacial score (nSPS) is 13.4. The summed E-state index contributed by atoms with van der Waals surface area (Å²) < 4.78 is 29.1. The lowest BCUT2D eigenvalue weighted by molar-refractivity contribution is 0.102. The van der Waals surface area contributed by atoms with E-state index in [0.29, 0.717) is 16.3 Å². The van der Waals surface area contributed by atoms with Crippen molar-refractivity contribution in [3.05, 3.63) is 93.8 Å². The molecule has 0 atom stereocenters. The second-order valence-electron chi connectivity index (χ2n) is 9.40. The minimum atomic E-state index is -3.79. The van der Waals surface area contributed by atoms with Crippen LogP contribution < -0.4 is 10.0 Å². The van der Waals surface area contributed by atoms with E-state index >= 15 is 0 Å². The monoisotopic (exact) mass is 644 g/mol. The summed E-state index contributed by atoms with van der Waals surface area (Å²) in [6.07, 6.45) is 0.906. The predicted octanol–water partition coefficient (Wildman–Crippen LogP) is 7.53. The maximum Gasteiger partial charge on any atom is 0.261 e. The van der Waals surface area contributed by atoms with E-state index in [2.05, 4.69) is 27.9 Å². The van der Waals surface area contributed by atoms with Crippen LogP contribution in [0.15, 0.2) is 77.7 Å². The van der Waals surface area contributed by atoms with Gasteiger partial charge in [0.05, 0.1) is 15.1 Å². The minimum Gasteiger partial charge on any atom is -0.313 e. The zero-order chi connectivity index (χ0) is 27.9. The number of nitrogens with one attached hydrogen (secondary N) is 2. The van der Waals surface area contributed by atoms with E-state index in [1.54, 1.807) is 46.9 Å². The summed E-state index contributed by atoms with van der Waals surface area (Å²) in [7, 11) is -3.79. The fourth-order valence-electron chi connectivity index (χ4n) is 4.71. The summed E-state index contributed by atoms with van der Waals surface area (Å²) in [6.45, 7) is 4.96. The lowest BCUT2D eigenvalue weighted by atomic mass is 10.0. The maximum atomic E-state index is 13.4. The summed E-state index contributed by atoms with van der Waals surface area (Å²) in [5, 5.41) is 5.29. The summed E-state index contributed by atoms with van der Waals surface area (Å²) in [4.78, 5) is 22.0. The Morgan fingerprint density at radius 3 is 2.46 bits per heavy atom. The van der Waals surface area contributed by atoms with Gasteiger partial charge in [0.25, 0.3) is 15.9 Å². The average Bonchev–Trinajstić information content (AvgIpc) is 3.53. The summed E-state index contributed by atoms with van der Waals surface area (Å²) >= 11 is 9.12. The van der Waals surface area contributed by atoms with Gasteiger partial charge in [0.1, 0.15) is 10.0 Å². The van der Waals surface area contributed by atoms with Crippen molar-refractivity contribution in [3.8, 4) is 10.6 Å². The molecule has 2 aromatic heterocycles. The number of hydrogen-bond acceptors (Lipinski definition) is 7. The van der Waals surface area contributed by atoms with Gasteiger partial charge in [0, 0.05) is 39.8 Å². The topological polar surface area (TPSA) is 91.4 Å². The van der Waals surface area contributed by atoms with Crippen molar-refractivity contribution in [2.45, 2.75) is 24.8 Å². The largest absolute Gasteiger partial charge is 0.313 e. The number of nitrogens with zero attached hydrogens (tertiary/aromatic N) is 2. The minimum absolute atomic E-state index is 0. The quantitative estimate of drug-likeness (QED) is 0.191. The van der Waals surface area contributed by atoms with Crippen LogP contribution in [0.1, 0.15) is 27.7 Å². The van der Waals surface area contributed by atoms with Crippen LogP contribution >= 0.6 is 46.7 Å². The van der Waals surface area contributed by atoms with Gasteiger partial charge >= 0.3 is 0 Å². The van der Waals surface area contributed by atoms with Crippen molar-refractivity contribution in [1.82, 2.24) is 9.88 Å². The highest BCUT2D eigenvalue weighted by Crippen LogP contribution is 2.45. The number of hydrogen-bond donors (Lipinski definition) is 2. The smallest absolute Gasteiger partial charge is 0.261 e. The fraction of sp³-hybridized carbons (Fsp3) is 0.172. The first-order valence-electron chi connectivity index (χ1n) is 12.7. The summed E-state index contributed by atoms with van der Waals surface area (Å²) in [5.41, 5.74) is 4.00. The molecule has 0 radical (unpaired) electrons. The predicted molar refractivity (Wildman–Crippen MR) is 171 cm³/mol. The molecular formula is C29H26Cl2N4O3S3. The maximum absolute atomic E-state index is 13.4. The van der Waals surface area contributed by atoms with Crippen molar-refractivity contribution in [1.29, 1.82) is 0 Å². The van der Waals surface area contributed by atoms with Gasteiger partial charge < -0.3 is 5.32 Å². The molecule has 212 valence electrons. The van der Waals surface area contributed by atoms with Crippen LogP contribution in [-0.4, -0.2) is 37.3 Å². The van der Waals surface area contributed by atoms with Gasteiger partial charge in [-0.3, -0.25) is 14.4 Å². The lowest BCUT2D eigenvalue weighted by Gasteiger charge is -2.25. The van der Waals surface area contributed by atoms with Crippen molar-refractivity contribution in [3.63, 3.8) is 0 Å². The number of carbonyl (C=O) groups is 1. The van der Waals surface area contributed by atoms with E-state index in [4.69, 9.17) is 16.6 Å². The molecule has 0 saturated heterocycles. The van der Waals surface area contributed by atoms with E-state index in [1.807, 2.05) is 18.2 Å². The highest BCUT2D eigenvalue weighted by molar-refractivity contribution is 7.92. The van der Waals surface area contributed by atoms with Crippen LogP contribution in [0.3, 0.4) is 0 Å². The number of anilines is 2. The van der Waals surface area contributed by atoms with E-state index in [-0.39, 0.29) is 23.2 Å². The number of sulfonamides is 1. The van der Waals surface area contributed by atoms with Gasteiger partial charge in [-0.05, 0) is 79.2 Å². The Bertz CT molecular complexity index is 1790. The Hall–Kier alpha value is -2.99. The zero-order valence-electron chi connectivity index (χ0n) is 21.9. The summed E-state index contributed by atoms with van der Waals surface area (Å²) in [5.74, 6) is -0.264. The highest BCUT2D eigenvalue weighted by atomic mass is 35.5. The molecule has 7 nitrogen and oxygen atoms in total. The third-order valence-corrected chi connectivity index (χ3v) is 10.7. The van der Waals surface area contributed by atoms with Crippen LogP contribution in [0, 0.1) is 0 Å². The summed E-state index contributed by atoms with van der Waals surface area (Å²) in [6, 6.07) is 20.4. The standard InChI is InChI=1S/C29H25ClN4O3S3.ClH/c1-2-34-16-15-22-25(17-34)39-29(26(22)28-31-23-5-3-4-6-24(23)38-28)32-27(35)18-7-11-20(12-8-18)33-40(36,37)21-13-9-19(30)10-14-21;/h3-14,33H,2,15-17H2,1H3,(H,32,35);1H. The number of aromatic nitrogens is 1. The Morgan fingerprint density at radius 2 is 1.76 bits per heavy atom. The number of benzene rings is 3. The highest BCUT2D eigenvalue weighted by Gasteiger charge is 2.27. The van der Waals surface area contributed by atoms with Gasteiger partial charge in [-0.1, -0.05) is 30.7 Å². The molecule has 0 fully saturated rings. The number of amides is 1. The number of thiazole rings is 1. The Balaban J connectivity index is 0.00000337. The van der Waals surface area contributed by atoms with Gasteiger partial charge in [0.2, 0.25) is 0 Å². The molecule has 3 aromatic carbocycles. The average molecular weight is 646 g/mol. The van der Waals surface area contributed by atoms with Gasteiger partial charge in [-0.15, -0.1) is 35.1 Å². The molecule has 1 aliphatic rings. The van der Waals surface area contributed by atoms with Crippen molar-refractivity contribution >= 4 is 83.5 Å². The second kappa shape index (κ2) is 12.1. The number of thiophene rings is 1. The molecule has 0 spiro atoms. The number of halogens is 2. The van der Waals surface area contributed by atoms with Crippen molar-refractivity contribution < 1.29 is 13.2 Å². The van der Waals surface area contributed by atoms with E-state index < -0.39 is 10.0 Å². The van der Waals surface area contributed by atoms with Gasteiger partial charge in [-0.2, -0.15) is 0 Å². The van der Waals surface area contributed by atoms with E-state index in [0.717, 1.165) is 51.8 Å². The third kappa shape index (κ3) is 6.13. The van der Waals surface area contributed by atoms with Crippen LogP contribution in [0.2, 0.25) is 5.02 Å². The lowest BCUT2D eigenvalue weighted by Crippen LogP contribution is -2.29. The van der Waals surface area contributed by atoms with Crippen LogP contribution in [0.4, 0.5) is 10.7 Å². The number of rotatable bonds is 7. The number of para-hydroxylation sites is 1. The van der Waals surface area contributed by atoms with Crippen LogP contribution in [-0.2, 0) is 23.0 Å². The van der Waals surface area contributed by atoms with Crippen molar-refractivity contribution in [2.24, 2.45) is 0 Å². The molecule has 0 bridgehead atoms. The first-order chi connectivity index (χ1) is 19.3. The Labute approximate surface area is 257 Å². The molecule has 6 rings (SSSR count). The van der Waals surface area contributed by atoms with Crippen LogP contribution in [0.25, 0.3) is 20.8 Å². The molecule has 0 saturated carbocycles. The molecule has 3 heterocycles. The number of fused-ring (bicyclic) bond motifs is 2. The molecule has 12 heteroatoms. The molecule has 5 aromatic rings. The molecule has 1 amide bonds. The number of carbonyl (C=O) groups excluding carboxylic acids is 1. The SMILES string of the molecule is CCN1CCc2c(sc(NC(=O)c3ccc(NS(=O)(=O)c4ccc(Cl)cc4)cc3)c2-c2nc3ccccc3s2)C1.Cl. The second-order valence-corrected chi connectivity index (χ2v) is 13.7. The Morgan fingerprint density at radius 1 is 1.02 bits per heavy atom. The first-order valence-corrected chi connectivity index (χ1v) is 16.2. The van der Waals surface area contributed by atoms with Crippen LogP contribution in [0.5, 0.6) is 0 Å². The van der Waals surface area contributed by atoms with Gasteiger partial charge in [-0.25, -0.2) is 13.4 Å². The third-order valence-electron chi connectivity index (χ3n) is 6.84. The van der Waals surface area contributed by atoms with E-state index in [9.17, 15) is 13.2 Å². The number of likely N-dealkylation sites (N-methyl/N-ethyl adjacent to an activating group) is 1. The molecule has 2 N–H and O–H groups in total. The molecule has 41 heavy (non-hydrogen) atoms. The molecular weight excluding hydrogens is 619 g/mol. The van der Waals surface area contributed by atoms with Crippen molar-refractivity contribution in [2.75, 3.05) is 23.1 Å². The first kappa shape index (κ1) is 29.5. The van der Waals surface area contributed by atoms with E-state index in [1.165, 1.54) is 34.7 Å². The molecule has 0 aliphatic carbocycles. The zero-order valence-corrected chi connectivity index (χ0v) is 25.9. The van der Waals surface area contributed by atoms with Gasteiger partial charge in [0.15, 0.2) is 0 Å². The Kier molecular flexibility index (Phi) is 8.70. The molecule has 0 unspecified atom stereocenters. The molecule has 1 aliphatic heterocycles. The fourth-order valence-corrected chi connectivity index (χ4v) is 8.29.